The van der Waals surface area contributed by atoms with Crippen LogP contribution < -0.4 is 4.74 Å². The second-order valence-corrected chi connectivity index (χ2v) is 6.36. The lowest BCUT2D eigenvalue weighted by Gasteiger charge is -2.14. The first-order chi connectivity index (χ1) is 12.5. The maximum absolute atomic E-state index is 11.6. The molecule has 6 nitrogen and oxygen atoms in total. The number of aromatic nitrogens is 3. The summed E-state index contributed by atoms with van der Waals surface area (Å²) in [5, 5.41) is 13.8. The predicted molar refractivity (Wildman–Crippen MR) is 98.3 cm³/mol. The Labute approximate surface area is 152 Å². The van der Waals surface area contributed by atoms with Crippen LogP contribution in [0.4, 0.5) is 0 Å². The Bertz CT molecular complexity index is 917. The van der Waals surface area contributed by atoms with Crippen molar-refractivity contribution in [1.29, 1.82) is 0 Å². The van der Waals surface area contributed by atoms with E-state index in [9.17, 15) is 9.90 Å². The molecule has 26 heavy (non-hydrogen) atoms. The number of pyridine rings is 1. The van der Waals surface area contributed by atoms with Gasteiger partial charge in [-0.15, -0.1) is 0 Å². The van der Waals surface area contributed by atoms with Crippen LogP contribution in [0, 0.1) is 6.92 Å². The zero-order valence-electron chi connectivity index (χ0n) is 15.0. The van der Waals surface area contributed by atoms with E-state index < -0.39 is 5.97 Å². The van der Waals surface area contributed by atoms with E-state index in [1.54, 1.807) is 12.4 Å². The molecule has 0 aliphatic heterocycles. The van der Waals surface area contributed by atoms with Gasteiger partial charge in [-0.25, -0.2) is 9.78 Å². The normalized spacial score (nSPS) is 10.9. The number of carbonyl (C=O) groups is 1. The monoisotopic (exact) mass is 351 g/mol. The van der Waals surface area contributed by atoms with Crippen LogP contribution >= 0.6 is 0 Å². The van der Waals surface area contributed by atoms with Crippen LogP contribution in [0.2, 0.25) is 0 Å². The highest BCUT2D eigenvalue weighted by Gasteiger charge is 2.20. The van der Waals surface area contributed by atoms with Crippen LogP contribution in [-0.2, 0) is 6.61 Å². The molecule has 0 amide bonds. The molecule has 0 fully saturated rings. The van der Waals surface area contributed by atoms with Gasteiger partial charge in [0.1, 0.15) is 6.61 Å². The van der Waals surface area contributed by atoms with Crippen molar-refractivity contribution in [2.75, 3.05) is 0 Å². The fourth-order valence-electron chi connectivity index (χ4n) is 2.69. The van der Waals surface area contributed by atoms with Gasteiger partial charge in [0.2, 0.25) is 0 Å². The Morgan fingerprint density at radius 3 is 2.58 bits per heavy atom. The van der Waals surface area contributed by atoms with Crippen molar-refractivity contribution in [2.45, 2.75) is 33.4 Å². The van der Waals surface area contributed by atoms with E-state index >= 15 is 0 Å². The molecule has 0 aliphatic carbocycles. The number of nitrogens with zero attached hydrogens (tertiary/aromatic N) is 3. The van der Waals surface area contributed by atoms with Crippen LogP contribution in [-0.4, -0.2) is 25.8 Å². The summed E-state index contributed by atoms with van der Waals surface area (Å²) < 4.78 is 7.71. The van der Waals surface area contributed by atoms with Crippen LogP contribution in [0.15, 0.2) is 48.9 Å². The molecule has 2 heterocycles. The summed E-state index contributed by atoms with van der Waals surface area (Å²) in [6.07, 6.45) is 5.25. The second kappa shape index (κ2) is 7.39. The Morgan fingerprint density at radius 1 is 1.23 bits per heavy atom. The van der Waals surface area contributed by atoms with E-state index in [1.165, 1.54) is 0 Å². The number of ether oxygens (including phenoxy) is 1. The van der Waals surface area contributed by atoms with E-state index in [0.717, 1.165) is 22.3 Å². The van der Waals surface area contributed by atoms with Crippen LogP contribution in [0.1, 0.15) is 41.5 Å². The molecular formula is C20H21N3O3. The number of carboxylic acid groups (broad SMARTS) is 1. The summed E-state index contributed by atoms with van der Waals surface area (Å²) >= 11 is 0. The van der Waals surface area contributed by atoms with Crippen LogP contribution in [0.3, 0.4) is 0 Å². The fourth-order valence-corrected chi connectivity index (χ4v) is 2.69. The number of hydrogen-bond acceptors (Lipinski definition) is 4. The molecule has 2 aromatic heterocycles. The van der Waals surface area contributed by atoms with Crippen molar-refractivity contribution in [1.82, 2.24) is 14.8 Å². The maximum atomic E-state index is 11.6. The van der Waals surface area contributed by atoms with Gasteiger partial charge in [0.05, 0.1) is 6.20 Å². The van der Waals surface area contributed by atoms with Crippen molar-refractivity contribution in [3.8, 4) is 16.9 Å². The maximum Gasteiger partial charge on any atom is 0.358 e. The lowest BCUT2D eigenvalue weighted by molar-refractivity contribution is 0.0684. The van der Waals surface area contributed by atoms with Gasteiger partial charge < -0.3 is 9.84 Å². The Morgan fingerprint density at radius 2 is 1.96 bits per heavy atom. The molecule has 0 aliphatic rings. The molecule has 0 spiro atoms. The Kier molecular flexibility index (Phi) is 5.02. The van der Waals surface area contributed by atoms with Crippen molar-refractivity contribution >= 4 is 5.97 Å². The molecule has 0 unspecified atom stereocenters. The molecular weight excluding hydrogens is 330 g/mol. The molecule has 0 bridgehead atoms. The third-order valence-electron chi connectivity index (χ3n) is 4.15. The first-order valence-corrected chi connectivity index (χ1v) is 8.41. The van der Waals surface area contributed by atoms with Gasteiger partial charge in [0.15, 0.2) is 11.4 Å². The third kappa shape index (κ3) is 3.59. The first kappa shape index (κ1) is 17.7. The van der Waals surface area contributed by atoms with E-state index in [0.29, 0.717) is 0 Å². The second-order valence-electron chi connectivity index (χ2n) is 6.36. The Hall–Kier alpha value is -3.15. The minimum absolute atomic E-state index is 0.0848. The standard InChI is InChI=1S/C20H21N3O3/c1-13(2)23-11-16(9-22-23)17-10-21-18(20(24)25)19(14(17)3)26-12-15-7-5-4-6-8-15/h4-11,13H,12H2,1-3H3,(H,24,25). The average Bonchev–Trinajstić information content (AvgIpc) is 3.11. The molecule has 3 rings (SSSR count). The SMILES string of the molecule is Cc1c(-c2cnn(C(C)C)c2)cnc(C(=O)O)c1OCc1ccccc1. The van der Waals surface area contributed by atoms with Gasteiger partial charge in [-0.3, -0.25) is 4.68 Å². The van der Waals surface area contributed by atoms with Crippen LogP contribution in [0.25, 0.3) is 11.1 Å². The summed E-state index contributed by atoms with van der Waals surface area (Å²) in [7, 11) is 0. The fraction of sp³-hybridized carbons (Fsp3) is 0.250. The number of carboxylic acids is 1. The van der Waals surface area contributed by atoms with E-state index in [-0.39, 0.29) is 24.1 Å². The minimum atomic E-state index is -1.11. The summed E-state index contributed by atoms with van der Waals surface area (Å²) in [4.78, 5) is 15.7. The van der Waals surface area contributed by atoms with Gasteiger partial charge >= 0.3 is 5.97 Å². The summed E-state index contributed by atoms with van der Waals surface area (Å²) in [5.74, 6) is -0.822. The van der Waals surface area contributed by atoms with E-state index in [4.69, 9.17) is 4.74 Å². The molecule has 3 aromatic rings. The van der Waals surface area contributed by atoms with Crippen LogP contribution in [0.5, 0.6) is 5.75 Å². The predicted octanol–water partition coefficient (Wildman–Crippen LogP) is 4.11. The Balaban J connectivity index is 1.98. The molecule has 0 saturated carbocycles. The van der Waals surface area contributed by atoms with Crippen molar-refractivity contribution in [3.63, 3.8) is 0 Å². The molecule has 134 valence electrons. The number of rotatable bonds is 6. The topological polar surface area (TPSA) is 77.2 Å². The molecule has 1 N–H and O–H groups in total. The summed E-state index contributed by atoms with van der Waals surface area (Å²) in [6.45, 7) is 6.21. The van der Waals surface area contributed by atoms with Crippen molar-refractivity contribution in [3.05, 3.63) is 65.7 Å². The zero-order chi connectivity index (χ0) is 18.7. The molecule has 0 radical (unpaired) electrons. The van der Waals surface area contributed by atoms with Gasteiger partial charge in [0, 0.05) is 35.1 Å². The number of benzene rings is 1. The van der Waals surface area contributed by atoms with Crippen molar-refractivity contribution < 1.29 is 14.6 Å². The first-order valence-electron chi connectivity index (χ1n) is 8.41. The number of hydrogen-bond donors (Lipinski definition) is 1. The highest BCUT2D eigenvalue weighted by atomic mass is 16.5. The third-order valence-corrected chi connectivity index (χ3v) is 4.15. The lowest BCUT2D eigenvalue weighted by Crippen LogP contribution is -2.08. The van der Waals surface area contributed by atoms with Gasteiger partial charge in [-0.2, -0.15) is 5.10 Å². The largest absolute Gasteiger partial charge is 0.486 e. The van der Waals surface area contributed by atoms with Gasteiger partial charge in [-0.1, -0.05) is 30.3 Å². The van der Waals surface area contributed by atoms with Gasteiger partial charge in [-0.05, 0) is 26.3 Å². The average molecular weight is 351 g/mol. The summed E-state index contributed by atoms with van der Waals surface area (Å²) in [5.41, 5.74) is 3.30. The summed E-state index contributed by atoms with van der Waals surface area (Å²) in [6, 6.07) is 9.85. The number of aromatic carboxylic acids is 1. The van der Waals surface area contributed by atoms with Crippen molar-refractivity contribution in [2.24, 2.45) is 0 Å². The minimum Gasteiger partial charge on any atom is -0.486 e. The molecule has 6 heteroatoms. The highest BCUT2D eigenvalue weighted by molar-refractivity contribution is 5.90. The van der Waals surface area contributed by atoms with E-state index in [2.05, 4.69) is 10.1 Å². The smallest absolute Gasteiger partial charge is 0.358 e. The molecule has 0 atom stereocenters. The van der Waals surface area contributed by atoms with Gasteiger partial charge in [0.25, 0.3) is 0 Å². The van der Waals surface area contributed by atoms with E-state index in [1.807, 2.05) is 62.0 Å². The quantitative estimate of drug-likeness (QED) is 0.723. The molecule has 1 aromatic carbocycles. The lowest BCUT2D eigenvalue weighted by atomic mass is 10.0. The highest BCUT2D eigenvalue weighted by Crippen LogP contribution is 2.32. The zero-order valence-corrected chi connectivity index (χ0v) is 15.0. The molecule has 0 saturated heterocycles.